The maximum absolute atomic E-state index is 13.2. The van der Waals surface area contributed by atoms with Crippen LogP contribution in [0.4, 0.5) is 0 Å². The molecule has 1 heterocycles. The first-order chi connectivity index (χ1) is 29.2. The van der Waals surface area contributed by atoms with Gasteiger partial charge in [0.05, 0.1) is 45.9 Å². The second-order valence-electron chi connectivity index (χ2n) is 13.1. The molecule has 2 unspecified atom stereocenters. The molecule has 0 saturated heterocycles. The van der Waals surface area contributed by atoms with Crippen LogP contribution in [0.5, 0.6) is 46.0 Å². The molecule has 15 heteroatoms. The van der Waals surface area contributed by atoms with E-state index < -0.39 is 11.9 Å². The highest BCUT2D eigenvalue weighted by Gasteiger charge is 2.19. The standard InChI is InChI=1S/C45H44O12S3/c1-29(48-3)23-25-50-33-13-17-37(18-14-33)54-27-52-35-9-5-31(6-10-35)43(46)56-39-21-22-40(42-41(39)59-45(58)60-42)57-44(47)32-7-11-36(12-8-32)53-28-55-38-19-15-34(16-20-38)51-26-24-30(2)49-4/h5-22,29-30H,23-28H2,1-4H3. The van der Waals surface area contributed by atoms with Gasteiger partial charge in [0, 0.05) is 27.1 Å². The predicted octanol–water partition coefficient (Wildman–Crippen LogP) is 10.6. The Bertz CT molecular complexity index is 2180. The summed E-state index contributed by atoms with van der Waals surface area (Å²) in [7, 11) is 3.35. The molecule has 60 heavy (non-hydrogen) atoms. The first kappa shape index (κ1) is 43.9. The van der Waals surface area contributed by atoms with Crippen molar-refractivity contribution in [2.75, 3.05) is 41.0 Å². The first-order valence-electron chi connectivity index (χ1n) is 18.9. The Morgan fingerprint density at radius 3 is 1.10 bits per heavy atom. The minimum absolute atomic E-state index is 0.0357. The number of carbonyl (C=O) groups excluding carboxylic acids is 2. The third kappa shape index (κ3) is 12.9. The van der Waals surface area contributed by atoms with Gasteiger partial charge in [-0.1, -0.05) is 12.2 Å². The van der Waals surface area contributed by atoms with Crippen LogP contribution in [0.25, 0.3) is 9.40 Å². The van der Waals surface area contributed by atoms with Crippen molar-refractivity contribution in [1.82, 2.24) is 0 Å². The Labute approximate surface area is 361 Å². The molecule has 0 aliphatic rings. The van der Waals surface area contributed by atoms with Gasteiger partial charge in [0.2, 0.25) is 13.6 Å². The number of hydrogen-bond donors (Lipinski definition) is 0. The van der Waals surface area contributed by atoms with Crippen LogP contribution in [0.15, 0.2) is 109 Å². The molecule has 0 amide bonds. The summed E-state index contributed by atoms with van der Waals surface area (Å²) in [6.07, 6.45) is 1.84. The zero-order valence-corrected chi connectivity index (χ0v) is 35.9. The molecule has 0 spiro atoms. The molecular formula is C45H44O12S3. The van der Waals surface area contributed by atoms with Gasteiger partial charge in [-0.25, -0.2) is 9.59 Å². The van der Waals surface area contributed by atoms with E-state index in [0.717, 1.165) is 24.3 Å². The summed E-state index contributed by atoms with van der Waals surface area (Å²) in [5, 5.41) is 0. The molecule has 2 atom stereocenters. The quantitative estimate of drug-likeness (QED) is 0.0278. The van der Waals surface area contributed by atoms with Crippen LogP contribution in [0.3, 0.4) is 0 Å². The van der Waals surface area contributed by atoms with Gasteiger partial charge in [-0.05, 0) is 123 Å². The molecular weight excluding hydrogens is 829 g/mol. The lowest BCUT2D eigenvalue weighted by atomic mass is 10.2. The number of carbonyl (C=O) groups is 2. The SMILES string of the molecule is COC(C)CCOc1ccc(OCOc2ccc(C(=O)Oc3ccc(OC(=O)c4ccc(OCOc5ccc(OCCC(C)OC)cc5)cc4)c4sc(=S)sc34)cc2)cc1. The summed E-state index contributed by atoms with van der Waals surface area (Å²) < 4.78 is 58.0. The van der Waals surface area contributed by atoms with E-state index in [9.17, 15) is 9.59 Å². The lowest BCUT2D eigenvalue weighted by molar-refractivity contribution is 0.0723. The van der Waals surface area contributed by atoms with E-state index in [0.29, 0.717) is 71.4 Å². The maximum atomic E-state index is 13.2. The Kier molecular flexibility index (Phi) is 16.1. The van der Waals surface area contributed by atoms with Crippen molar-refractivity contribution in [1.29, 1.82) is 0 Å². The van der Waals surface area contributed by atoms with E-state index in [4.69, 9.17) is 59.6 Å². The summed E-state index contributed by atoms with van der Waals surface area (Å²) >= 11 is 7.99. The van der Waals surface area contributed by atoms with Gasteiger partial charge >= 0.3 is 11.9 Å². The van der Waals surface area contributed by atoms with Crippen LogP contribution >= 0.6 is 34.9 Å². The summed E-state index contributed by atoms with van der Waals surface area (Å²) in [6, 6.07) is 30.7. The molecule has 6 rings (SSSR count). The molecule has 314 valence electrons. The topological polar surface area (TPSA) is 126 Å². The lowest BCUT2D eigenvalue weighted by Gasteiger charge is -2.12. The molecule has 0 radical (unpaired) electrons. The predicted molar refractivity (Wildman–Crippen MR) is 232 cm³/mol. The van der Waals surface area contributed by atoms with Crippen molar-refractivity contribution < 1.29 is 57.0 Å². The van der Waals surface area contributed by atoms with Crippen molar-refractivity contribution in [2.24, 2.45) is 0 Å². The lowest BCUT2D eigenvalue weighted by Crippen LogP contribution is -2.11. The van der Waals surface area contributed by atoms with E-state index in [1.54, 1.807) is 99.1 Å². The summed E-state index contributed by atoms with van der Waals surface area (Å²) in [5.74, 6) is 3.16. The largest absolute Gasteiger partial charge is 0.493 e. The van der Waals surface area contributed by atoms with Crippen molar-refractivity contribution in [3.05, 3.63) is 123 Å². The molecule has 0 N–H and O–H groups in total. The summed E-state index contributed by atoms with van der Waals surface area (Å²) in [5.41, 5.74) is 0.618. The number of hydrogen-bond acceptors (Lipinski definition) is 15. The van der Waals surface area contributed by atoms with E-state index in [1.807, 2.05) is 38.1 Å². The molecule has 0 fully saturated rings. The number of fused-ring (bicyclic) bond motifs is 1. The molecule has 0 aliphatic carbocycles. The number of rotatable bonds is 22. The van der Waals surface area contributed by atoms with Crippen molar-refractivity contribution in [3.63, 3.8) is 0 Å². The fraction of sp³-hybridized carbons (Fsp3) is 0.267. The highest BCUT2D eigenvalue weighted by Crippen LogP contribution is 2.42. The summed E-state index contributed by atoms with van der Waals surface area (Å²) in [4.78, 5) is 26.3. The van der Waals surface area contributed by atoms with Gasteiger partial charge in [-0.2, -0.15) is 0 Å². The van der Waals surface area contributed by atoms with Crippen LogP contribution in [-0.2, 0) is 9.47 Å². The molecule has 0 bridgehead atoms. The van der Waals surface area contributed by atoms with E-state index in [1.165, 1.54) is 22.7 Å². The molecule has 5 aromatic carbocycles. The van der Waals surface area contributed by atoms with E-state index >= 15 is 0 Å². The van der Waals surface area contributed by atoms with Crippen LogP contribution in [0.2, 0.25) is 0 Å². The normalized spacial score (nSPS) is 11.9. The average Bonchev–Trinajstić information content (AvgIpc) is 3.68. The number of ether oxygens (including phenoxy) is 10. The molecule has 6 aromatic rings. The zero-order chi connectivity index (χ0) is 42.3. The maximum Gasteiger partial charge on any atom is 0.343 e. The average molecular weight is 873 g/mol. The Balaban J connectivity index is 0.959. The highest BCUT2D eigenvalue weighted by atomic mass is 32.2. The number of esters is 2. The zero-order valence-electron chi connectivity index (χ0n) is 33.4. The van der Waals surface area contributed by atoms with Crippen molar-refractivity contribution >= 4 is 56.2 Å². The summed E-state index contributed by atoms with van der Waals surface area (Å²) in [6.45, 7) is 5.02. The van der Waals surface area contributed by atoms with Gasteiger partial charge < -0.3 is 47.4 Å². The van der Waals surface area contributed by atoms with Crippen molar-refractivity contribution in [2.45, 2.75) is 38.9 Å². The Morgan fingerprint density at radius 2 is 0.783 bits per heavy atom. The first-order valence-corrected chi connectivity index (χ1v) is 20.9. The van der Waals surface area contributed by atoms with Gasteiger partial charge in [0.15, 0.2) is 0 Å². The van der Waals surface area contributed by atoms with Crippen LogP contribution in [-0.4, -0.2) is 65.2 Å². The fourth-order valence-electron chi connectivity index (χ4n) is 5.28. The van der Waals surface area contributed by atoms with E-state index in [-0.39, 0.29) is 25.8 Å². The fourth-order valence-corrected chi connectivity index (χ4v) is 7.83. The van der Waals surface area contributed by atoms with Gasteiger partial charge in [0.1, 0.15) is 49.1 Å². The second kappa shape index (κ2) is 22.1. The number of methoxy groups -OCH3 is 2. The molecule has 0 aliphatic heterocycles. The Hall–Kier alpha value is -5.71. The van der Waals surface area contributed by atoms with E-state index in [2.05, 4.69) is 0 Å². The van der Waals surface area contributed by atoms with Gasteiger partial charge in [-0.3, -0.25) is 0 Å². The highest BCUT2D eigenvalue weighted by molar-refractivity contribution is 7.77. The van der Waals surface area contributed by atoms with Gasteiger partial charge in [0.25, 0.3) is 0 Å². The third-order valence-corrected chi connectivity index (χ3v) is 11.6. The third-order valence-electron chi connectivity index (χ3n) is 8.94. The molecule has 12 nitrogen and oxygen atoms in total. The van der Waals surface area contributed by atoms with Crippen LogP contribution in [0.1, 0.15) is 47.4 Å². The molecule has 1 aromatic heterocycles. The molecule has 0 saturated carbocycles. The van der Waals surface area contributed by atoms with Crippen LogP contribution in [0, 0.1) is 3.14 Å². The smallest absolute Gasteiger partial charge is 0.343 e. The van der Waals surface area contributed by atoms with Gasteiger partial charge in [-0.15, -0.1) is 22.7 Å². The van der Waals surface area contributed by atoms with Crippen LogP contribution < -0.4 is 37.9 Å². The minimum atomic E-state index is -0.577. The van der Waals surface area contributed by atoms with Crippen molar-refractivity contribution in [3.8, 4) is 46.0 Å². The monoisotopic (exact) mass is 872 g/mol. The Morgan fingerprint density at radius 1 is 0.483 bits per heavy atom. The minimum Gasteiger partial charge on any atom is -0.493 e. The second-order valence-corrected chi connectivity index (χ2v) is 16.3. The number of benzene rings is 5.